The second-order valence-electron chi connectivity index (χ2n) is 5.53. The molecule has 0 bridgehead atoms. The summed E-state index contributed by atoms with van der Waals surface area (Å²) in [5.74, 6) is 1.20. The fourth-order valence-corrected chi connectivity index (χ4v) is 3.45. The Morgan fingerprint density at radius 2 is 1.96 bits per heavy atom. The van der Waals surface area contributed by atoms with Gasteiger partial charge in [0.2, 0.25) is 6.79 Å². The summed E-state index contributed by atoms with van der Waals surface area (Å²) in [6, 6.07) is 11.7. The zero-order valence-electron chi connectivity index (χ0n) is 13.8. The monoisotopic (exact) mass is 420 g/mol. The van der Waals surface area contributed by atoms with Crippen molar-refractivity contribution in [3.05, 3.63) is 52.0 Å². The number of hydrazone groups is 1. The minimum absolute atomic E-state index is 0.154. The highest BCUT2D eigenvalue weighted by Gasteiger charge is 2.16. The molecule has 3 rings (SSSR count). The summed E-state index contributed by atoms with van der Waals surface area (Å²) in [7, 11) is 0. The smallest absolute Gasteiger partial charge is 0.253 e. The van der Waals surface area contributed by atoms with Crippen molar-refractivity contribution in [3.63, 3.8) is 0 Å². The Morgan fingerprint density at radius 3 is 2.68 bits per heavy atom. The first-order valence-electron chi connectivity index (χ1n) is 7.68. The third kappa shape index (κ3) is 4.55. The molecule has 0 radical (unpaired) electrons. The first-order chi connectivity index (χ1) is 12.0. The van der Waals surface area contributed by atoms with Gasteiger partial charge in [-0.15, -0.1) is 11.8 Å². The van der Waals surface area contributed by atoms with E-state index >= 15 is 0 Å². The summed E-state index contributed by atoms with van der Waals surface area (Å²) in [5.41, 5.74) is 4.56. The van der Waals surface area contributed by atoms with E-state index in [0.717, 1.165) is 14.9 Å². The van der Waals surface area contributed by atoms with Crippen molar-refractivity contribution < 1.29 is 14.3 Å². The minimum Gasteiger partial charge on any atom is -0.454 e. The molecular weight excluding hydrogens is 404 g/mol. The minimum atomic E-state index is -0.250. The van der Waals surface area contributed by atoms with E-state index in [1.54, 1.807) is 6.21 Å². The molecule has 0 saturated heterocycles. The number of thioether (sulfide) groups is 1. The number of fused-ring (bicyclic) bond motifs is 1. The van der Waals surface area contributed by atoms with Gasteiger partial charge in [-0.3, -0.25) is 4.79 Å². The summed E-state index contributed by atoms with van der Waals surface area (Å²) in [6.45, 7) is 4.10. The van der Waals surface area contributed by atoms with E-state index in [0.29, 0.717) is 11.5 Å². The molecule has 0 aliphatic carbocycles. The Hall–Kier alpha value is -1.99. The quantitative estimate of drug-likeness (QED) is 0.448. The van der Waals surface area contributed by atoms with Crippen molar-refractivity contribution in [2.75, 3.05) is 6.79 Å². The normalized spacial score (nSPS) is 13.9. The molecule has 0 spiro atoms. The molecular formula is C18H17BrN2O3S. The molecule has 1 N–H and O–H groups in total. The lowest BCUT2D eigenvalue weighted by Crippen LogP contribution is -2.26. The standard InChI is InChI=1S/C18H17BrN2O3S/c1-11-3-5-14(6-4-11)25-12(2)18(22)21-20-9-13-7-16-17(8-15(13)19)24-10-23-16/h3-9,12H,10H2,1-2H3,(H,21,22)/b20-9-/t12-/m0/s1. The molecule has 1 aliphatic heterocycles. The number of halogens is 1. The van der Waals surface area contributed by atoms with Crippen molar-refractivity contribution in [2.45, 2.75) is 24.0 Å². The highest BCUT2D eigenvalue weighted by Crippen LogP contribution is 2.36. The van der Waals surface area contributed by atoms with Gasteiger partial charge in [0, 0.05) is 14.9 Å². The summed E-state index contributed by atoms with van der Waals surface area (Å²) in [4.78, 5) is 13.2. The van der Waals surface area contributed by atoms with Crippen LogP contribution in [0.15, 0.2) is 50.9 Å². The maximum atomic E-state index is 12.2. The Labute approximate surface area is 158 Å². The zero-order chi connectivity index (χ0) is 17.8. The largest absolute Gasteiger partial charge is 0.454 e. The molecule has 0 unspecified atom stereocenters. The second-order valence-corrected chi connectivity index (χ2v) is 7.80. The van der Waals surface area contributed by atoms with Crippen LogP contribution in [0, 0.1) is 6.92 Å². The van der Waals surface area contributed by atoms with E-state index in [1.165, 1.54) is 17.3 Å². The van der Waals surface area contributed by atoms with Gasteiger partial charge in [-0.2, -0.15) is 5.10 Å². The molecule has 0 aromatic heterocycles. The molecule has 1 aliphatic rings. The van der Waals surface area contributed by atoms with Gasteiger partial charge in [0.25, 0.3) is 5.91 Å². The van der Waals surface area contributed by atoms with Gasteiger partial charge in [-0.05, 0) is 54.0 Å². The summed E-state index contributed by atoms with van der Waals surface area (Å²) in [6.07, 6.45) is 1.58. The number of carbonyl (C=O) groups is 1. The van der Waals surface area contributed by atoms with Gasteiger partial charge >= 0.3 is 0 Å². The van der Waals surface area contributed by atoms with Crippen LogP contribution in [0.2, 0.25) is 0 Å². The number of amides is 1. The van der Waals surface area contributed by atoms with E-state index in [1.807, 2.05) is 50.2 Å². The van der Waals surface area contributed by atoms with Crippen LogP contribution < -0.4 is 14.9 Å². The van der Waals surface area contributed by atoms with Crippen LogP contribution >= 0.6 is 27.7 Å². The number of aryl methyl sites for hydroxylation is 1. The van der Waals surface area contributed by atoms with E-state index in [9.17, 15) is 4.79 Å². The fourth-order valence-electron chi connectivity index (χ4n) is 2.16. The van der Waals surface area contributed by atoms with E-state index < -0.39 is 0 Å². The van der Waals surface area contributed by atoms with Crippen molar-refractivity contribution in [1.29, 1.82) is 0 Å². The van der Waals surface area contributed by atoms with Crippen LogP contribution in [0.4, 0.5) is 0 Å². The number of rotatable bonds is 5. The Kier molecular flexibility index (Phi) is 5.65. The summed E-state index contributed by atoms with van der Waals surface area (Å²) in [5, 5.41) is 3.79. The SMILES string of the molecule is Cc1ccc(S[C@@H](C)C(=O)N/N=C\c2cc3c(cc2Br)OCO3)cc1. The number of hydrogen-bond acceptors (Lipinski definition) is 5. The zero-order valence-corrected chi connectivity index (χ0v) is 16.2. The second kappa shape index (κ2) is 7.93. The lowest BCUT2D eigenvalue weighted by atomic mass is 10.2. The Bertz CT molecular complexity index is 809. The maximum Gasteiger partial charge on any atom is 0.253 e. The van der Waals surface area contributed by atoms with Crippen LogP contribution in [-0.4, -0.2) is 24.2 Å². The Balaban J connectivity index is 1.58. The van der Waals surface area contributed by atoms with Crippen LogP contribution in [0.1, 0.15) is 18.1 Å². The first-order valence-corrected chi connectivity index (χ1v) is 9.35. The van der Waals surface area contributed by atoms with Crippen molar-refractivity contribution in [1.82, 2.24) is 5.43 Å². The molecule has 1 amide bonds. The van der Waals surface area contributed by atoms with E-state index in [2.05, 4.69) is 26.5 Å². The number of hydrogen-bond donors (Lipinski definition) is 1. The molecule has 5 nitrogen and oxygen atoms in total. The molecule has 2 aromatic carbocycles. The van der Waals surface area contributed by atoms with Gasteiger partial charge in [0.15, 0.2) is 11.5 Å². The molecule has 2 aromatic rings. The number of carbonyl (C=O) groups excluding carboxylic acids is 1. The van der Waals surface area contributed by atoms with Gasteiger partial charge in [0.05, 0.1) is 11.5 Å². The molecule has 0 saturated carbocycles. The van der Waals surface area contributed by atoms with E-state index in [4.69, 9.17) is 9.47 Å². The molecule has 1 heterocycles. The third-order valence-electron chi connectivity index (χ3n) is 3.57. The topological polar surface area (TPSA) is 59.9 Å². The number of nitrogens with zero attached hydrogens (tertiary/aromatic N) is 1. The molecule has 0 fully saturated rings. The molecule has 1 atom stereocenters. The van der Waals surface area contributed by atoms with Crippen LogP contribution in [0.3, 0.4) is 0 Å². The number of nitrogens with one attached hydrogen (secondary N) is 1. The molecule has 130 valence electrons. The van der Waals surface area contributed by atoms with Gasteiger partial charge in [-0.1, -0.05) is 17.7 Å². The highest BCUT2D eigenvalue weighted by atomic mass is 79.9. The third-order valence-corrected chi connectivity index (χ3v) is 5.37. The fraction of sp³-hybridized carbons (Fsp3) is 0.222. The Morgan fingerprint density at radius 1 is 1.28 bits per heavy atom. The lowest BCUT2D eigenvalue weighted by Gasteiger charge is -2.09. The summed E-state index contributed by atoms with van der Waals surface area (Å²) < 4.78 is 11.5. The van der Waals surface area contributed by atoms with Crippen LogP contribution in [0.5, 0.6) is 11.5 Å². The highest BCUT2D eigenvalue weighted by molar-refractivity contribution is 9.10. The predicted octanol–water partition coefficient (Wildman–Crippen LogP) is 4.12. The van der Waals surface area contributed by atoms with Gasteiger partial charge < -0.3 is 9.47 Å². The number of benzene rings is 2. The molecule has 7 heteroatoms. The maximum absolute atomic E-state index is 12.2. The van der Waals surface area contributed by atoms with Crippen LogP contribution in [0.25, 0.3) is 0 Å². The van der Waals surface area contributed by atoms with Crippen LogP contribution in [-0.2, 0) is 4.79 Å². The van der Waals surface area contributed by atoms with Gasteiger partial charge in [0.1, 0.15) is 0 Å². The predicted molar refractivity (Wildman–Crippen MR) is 102 cm³/mol. The van der Waals surface area contributed by atoms with Gasteiger partial charge in [-0.25, -0.2) is 5.43 Å². The van der Waals surface area contributed by atoms with Crippen molar-refractivity contribution in [2.24, 2.45) is 5.10 Å². The summed E-state index contributed by atoms with van der Waals surface area (Å²) >= 11 is 4.95. The lowest BCUT2D eigenvalue weighted by molar-refractivity contribution is -0.120. The van der Waals surface area contributed by atoms with Crippen molar-refractivity contribution in [3.8, 4) is 11.5 Å². The van der Waals surface area contributed by atoms with Crippen molar-refractivity contribution >= 4 is 39.8 Å². The average Bonchev–Trinajstić information content (AvgIpc) is 3.04. The first kappa shape index (κ1) is 17.8. The van der Waals surface area contributed by atoms with E-state index in [-0.39, 0.29) is 18.0 Å². The average molecular weight is 421 g/mol. The molecule has 25 heavy (non-hydrogen) atoms. The number of ether oxygens (including phenoxy) is 2.